The Labute approximate surface area is 160 Å². The molecule has 4 aromatic rings. The summed E-state index contributed by atoms with van der Waals surface area (Å²) < 4.78 is 18.9. The minimum absolute atomic E-state index is 0.228. The zero-order valence-corrected chi connectivity index (χ0v) is 14.8. The van der Waals surface area contributed by atoms with Crippen LogP contribution in [0.4, 0.5) is 4.39 Å². The molecule has 0 atom stereocenters. The van der Waals surface area contributed by atoms with Crippen molar-refractivity contribution >= 4 is 5.91 Å². The number of carbonyl (C=O) groups excluding carboxylic acids is 1. The Morgan fingerprint density at radius 1 is 1.00 bits per heavy atom. The number of oxazole rings is 1. The fraction of sp³-hybridized carbons (Fsp3) is 0.0455. The molecule has 0 aliphatic heterocycles. The van der Waals surface area contributed by atoms with E-state index >= 15 is 0 Å². The molecule has 0 bridgehead atoms. The van der Waals surface area contributed by atoms with Crippen LogP contribution in [0.1, 0.15) is 15.9 Å². The van der Waals surface area contributed by atoms with Crippen LogP contribution < -0.4 is 5.32 Å². The van der Waals surface area contributed by atoms with Gasteiger partial charge >= 0.3 is 0 Å². The molecule has 0 fully saturated rings. The summed E-state index contributed by atoms with van der Waals surface area (Å²) in [6.45, 7) is 0.391. The second-order valence-electron chi connectivity index (χ2n) is 6.12. The molecule has 0 saturated carbocycles. The molecule has 0 spiro atoms. The monoisotopic (exact) mass is 373 g/mol. The van der Waals surface area contributed by atoms with Crippen molar-refractivity contribution < 1.29 is 13.6 Å². The van der Waals surface area contributed by atoms with E-state index in [4.69, 9.17) is 4.42 Å². The average Bonchev–Trinajstić information content (AvgIpc) is 3.23. The van der Waals surface area contributed by atoms with Gasteiger partial charge in [0, 0.05) is 30.1 Å². The van der Waals surface area contributed by atoms with Gasteiger partial charge in [-0.05, 0) is 54.1 Å². The van der Waals surface area contributed by atoms with Gasteiger partial charge in [0.25, 0.3) is 5.91 Å². The maximum absolute atomic E-state index is 13.1. The highest BCUT2D eigenvalue weighted by molar-refractivity contribution is 6.00. The third-order valence-corrected chi connectivity index (χ3v) is 4.24. The van der Waals surface area contributed by atoms with Crippen LogP contribution in [0.3, 0.4) is 0 Å². The van der Waals surface area contributed by atoms with Gasteiger partial charge in [-0.3, -0.25) is 9.78 Å². The minimum atomic E-state index is -0.320. The molecule has 2 heterocycles. The molecular formula is C22H16FN3O2. The molecule has 0 unspecified atom stereocenters. The summed E-state index contributed by atoms with van der Waals surface area (Å²) in [6.07, 6.45) is 4.92. The molecule has 0 aliphatic carbocycles. The molecule has 1 N–H and O–H groups in total. The molecular weight excluding hydrogens is 357 g/mol. The number of halogens is 1. The number of rotatable bonds is 5. The number of carbonyl (C=O) groups is 1. The van der Waals surface area contributed by atoms with Crippen molar-refractivity contribution in [3.05, 3.63) is 96.2 Å². The first-order valence-corrected chi connectivity index (χ1v) is 8.69. The lowest BCUT2D eigenvalue weighted by molar-refractivity contribution is 0.0951. The summed E-state index contributed by atoms with van der Waals surface area (Å²) in [5.41, 5.74) is 2.71. The van der Waals surface area contributed by atoms with Gasteiger partial charge in [-0.2, -0.15) is 0 Å². The second kappa shape index (κ2) is 7.84. The third-order valence-electron chi connectivity index (χ3n) is 4.24. The highest BCUT2D eigenvalue weighted by atomic mass is 19.1. The van der Waals surface area contributed by atoms with Crippen LogP contribution in [0.25, 0.3) is 22.8 Å². The average molecular weight is 373 g/mol. The van der Waals surface area contributed by atoms with Gasteiger partial charge in [-0.25, -0.2) is 9.37 Å². The molecule has 0 aliphatic rings. The maximum Gasteiger partial charge on any atom is 0.252 e. The van der Waals surface area contributed by atoms with Crippen LogP contribution >= 0.6 is 0 Å². The highest BCUT2D eigenvalue weighted by Crippen LogP contribution is 2.28. The topological polar surface area (TPSA) is 68.0 Å². The van der Waals surface area contributed by atoms with E-state index in [0.29, 0.717) is 34.9 Å². The predicted molar refractivity (Wildman–Crippen MR) is 103 cm³/mol. The van der Waals surface area contributed by atoms with Crippen molar-refractivity contribution in [2.75, 3.05) is 0 Å². The zero-order chi connectivity index (χ0) is 19.3. The third kappa shape index (κ3) is 3.81. The largest absolute Gasteiger partial charge is 0.436 e. The van der Waals surface area contributed by atoms with Gasteiger partial charge in [0.05, 0.1) is 11.8 Å². The molecule has 4 rings (SSSR count). The van der Waals surface area contributed by atoms with Crippen LogP contribution in [0.15, 0.2) is 83.7 Å². The molecule has 2 aromatic heterocycles. The van der Waals surface area contributed by atoms with Crippen molar-refractivity contribution in [2.45, 2.75) is 6.54 Å². The van der Waals surface area contributed by atoms with Crippen molar-refractivity contribution in [2.24, 2.45) is 0 Å². The van der Waals surface area contributed by atoms with E-state index in [2.05, 4.69) is 15.3 Å². The second-order valence-corrected chi connectivity index (χ2v) is 6.12. The predicted octanol–water partition coefficient (Wildman–Crippen LogP) is 4.47. The Hall–Kier alpha value is -3.80. The summed E-state index contributed by atoms with van der Waals surface area (Å²) in [6, 6.07) is 16.7. The Balaban J connectivity index is 1.58. The summed E-state index contributed by atoms with van der Waals surface area (Å²) in [7, 11) is 0. The lowest BCUT2D eigenvalue weighted by Gasteiger charge is -2.08. The number of benzene rings is 2. The van der Waals surface area contributed by atoms with E-state index in [1.165, 1.54) is 12.1 Å². The number of hydrogen-bond acceptors (Lipinski definition) is 4. The van der Waals surface area contributed by atoms with Gasteiger partial charge in [-0.15, -0.1) is 0 Å². The molecule has 138 valence electrons. The van der Waals surface area contributed by atoms with Crippen LogP contribution in [-0.2, 0) is 6.54 Å². The first-order valence-electron chi connectivity index (χ1n) is 8.69. The van der Waals surface area contributed by atoms with E-state index in [1.807, 2.05) is 18.2 Å². The van der Waals surface area contributed by atoms with Crippen molar-refractivity contribution in [1.82, 2.24) is 15.3 Å². The minimum Gasteiger partial charge on any atom is -0.436 e. The molecule has 0 saturated heterocycles. The van der Waals surface area contributed by atoms with Gasteiger partial charge in [0.15, 0.2) is 5.76 Å². The molecule has 6 heteroatoms. The van der Waals surface area contributed by atoms with Crippen LogP contribution in [0, 0.1) is 5.82 Å². The standard InChI is InChI=1S/C22H16FN3O2/c23-17-7-5-16(6-8-17)20-14-26-22(28-20)19-4-2-1-3-18(19)21(27)25-13-15-9-11-24-12-10-15/h1-12,14H,13H2,(H,25,27). The summed E-state index contributed by atoms with van der Waals surface area (Å²) in [5.74, 6) is 0.282. The molecule has 5 nitrogen and oxygen atoms in total. The Bertz CT molecular complexity index is 1090. The Morgan fingerprint density at radius 2 is 1.75 bits per heavy atom. The molecule has 2 aromatic carbocycles. The Kier molecular flexibility index (Phi) is 4.93. The molecule has 28 heavy (non-hydrogen) atoms. The van der Waals surface area contributed by atoms with E-state index in [9.17, 15) is 9.18 Å². The summed E-state index contributed by atoms with van der Waals surface area (Å²) in [4.78, 5) is 20.9. The number of amides is 1. The summed E-state index contributed by atoms with van der Waals surface area (Å²) in [5, 5.41) is 2.89. The fourth-order valence-electron chi connectivity index (χ4n) is 2.79. The van der Waals surface area contributed by atoms with Crippen LogP contribution in [-0.4, -0.2) is 15.9 Å². The normalized spacial score (nSPS) is 10.6. The summed E-state index contributed by atoms with van der Waals surface area (Å²) >= 11 is 0. The van der Waals surface area contributed by atoms with E-state index < -0.39 is 0 Å². The lowest BCUT2D eigenvalue weighted by atomic mass is 10.1. The van der Waals surface area contributed by atoms with Gasteiger partial charge in [0.2, 0.25) is 5.89 Å². The molecule has 1 amide bonds. The van der Waals surface area contributed by atoms with E-state index in [-0.39, 0.29) is 11.7 Å². The van der Waals surface area contributed by atoms with E-state index in [1.54, 1.807) is 48.9 Å². The van der Waals surface area contributed by atoms with Gasteiger partial charge < -0.3 is 9.73 Å². The van der Waals surface area contributed by atoms with Crippen molar-refractivity contribution in [3.63, 3.8) is 0 Å². The fourth-order valence-corrected chi connectivity index (χ4v) is 2.79. The smallest absolute Gasteiger partial charge is 0.252 e. The number of nitrogens with zero attached hydrogens (tertiary/aromatic N) is 2. The number of hydrogen-bond donors (Lipinski definition) is 1. The maximum atomic E-state index is 13.1. The highest BCUT2D eigenvalue weighted by Gasteiger charge is 2.16. The number of nitrogens with one attached hydrogen (secondary N) is 1. The first kappa shape index (κ1) is 17.6. The van der Waals surface area contributed by atoms with E-state index in [0.717, 1.165) is 5.56 Å². The molecule has 0 radical (unpaired) electrons. The SMILES string of the molecule is O=C(NCc1ccncc1)c1ccccc1-c1ncc(-c2ccc(F)cc2)o1. The van der Waals surface area contributed by atoms with Gasteiger partial charge in [-0.1, -0.05) is 12.1 Å². The lowest BCUT2D eigenvalue weighted by Crippen LogP contribution is -2.23. The van der Waals surface area contributed by atoms with Gasteiger partial charge in [0.1, 0.15) is 5.82 Å². The van der Waals surface area contributed by atoms with Crippen LogP contribution in [0.2, 0.25) is 0 Å². The van der Waals surface area contributed by atoms with Crippen LogP contribution in [0.5, 0.6) is 0 Å². The number of aromatic nitrogens is 2. The number of pyridine rings is 1. The van der Waals surface area contributed by atoms with Crippen molar-refractivity contribution in [1.29, 1.82) is 0 Å². The quantitative estimate of drug-likeness (QED) is 0.560. The first-order chi connectivity index (χ1) is 13.7. The van der Waals surface area contributed by atoms with Crippen molar-refractivity contribution in [3.8, 4) is 22.8 Å². The Morgan fingerprint density at radius 3 is 2.54 bits per heavy atom. The zero-order valence-electron chi connectivity index (χ0n) is 14.8.